The molecule has 6 nitrogen and oxygen atoms in total. The number of amides is 4. The molecule has 0 aliphatic carbocycles. The predicted octanol–water partition coefficient (Wildman–Crippen LogP) is 3.23. The van der Waals surface area contributed by atoms with Gasteiger partial charge in [-0.2, -0.15) is 0 Å². The Bertz CT molecular complexity index is 693. The molecule has 148 valence electrons. The summed E-state index contributed by atoms with van der Waals surface area (Å²) < 4.78 is 0. The molecular weight excluding hydrogens is 342 g/mol. The number of nitrogens with zero attached hydrogens (tertiary/aromatic N) is 2. The number of urea groups is 1. The first-order valence-electron chi connectivity index (χ1n) is 9.76. The van der Waals surface area contributed by atoms with E-state index in [2.05, 4.69) is 19.2 Å². The number of carbonyl (C=O) groups excluding carboxylic acids is 3. The highest BCUT2D eigenvalue weighted by atomic mass is 16.2. The van der Waals surface area contributed by atoms with Crippen LogP contribution in [0.4, 0.5) is 4.79 Å². The van der Waals surface area contributed by atoms with Crippen LogP contribution in [0.3, 0.4) is 0 Å². The fourth-order valence-electron chi connectivity index (χ4n) is 3.37. The molecule has 1 atom stereocenters. The minimum absolute atomic E-state index is 0.193. The first-order chi connectivity index (χ1) is 12.7. The van der Waals surface area contributed by atoms with Gasteiger partial charge in [-0.3, -0.25) is 14.5 Å². The van der Waals surface area contributed by atoms with E-state index in [-0.39, 0.29) is 18.4 Å². The van der Waals surface area contributed by atoms with Crippen molar-refractivity contribution in [2.75, 3.05) is 19.6 Å². The van der Waals surface area contributed by atoms with E-state index in [4.69, 9.17) is 0 Å². The van der Waals surface area contributed by atoms with Gasteiger partial charge in [0.25, 0.3) is 5.91 Å². The van der Waals surface area contributed by atoms with E-state index in [1.807, 2.05) is 38.1 Å². The first-order valence-corrected chi connectivity index (χ1v) is 9.76. The number of hydrogen-bond donors (Lipinski definition) is 1. The Morgan fingerprint density at radius 2 is 1.67 bits per heavy atom. The Morgan fingerprint density at radius 1 is 1.11 bits per heavy atom. The molecule has 2 rings (SSSR count). The van der Waals surface area contributed by atoms with E-state index < -0.39 is 11.6 Å². The number of benzene rings is 1. The zero-order valence-electron chi connectivity index (χ0n) is 17.0. The number of carbonyl (C=O) groups is 3. The van der Waals surface area contributed by atoms with Crippen LogP contribution in [-0.4, -0.2) is 47.3 Å². The largest absolute Gasteiger partial charge is 0.341 e. The molecule has 0 spiro atoms. The number of rotatable bonds is 8. The highest BCUT2D eigenvalue weighted by molar-refractivity contribution is 6.09. The number of imide groups is 1. The molecule has 1 N–H and O–H groups in total. The highest BCUT2D eigenvalue weighted by Gasteiger charge is 2.49. The van der Waals surface area contributed by atoms with Crippen LogP contribution in [0, 0.1) is 0 Å². The fourth-order valence-corrected chi connectivity index (χ4v) is 3.37. The molecule has 0 radical (unpaired) electrons. The van der Waals surface area contributed by atoms with Gasteiger partial charge in [0, 0.05) is 13.1 Å². The standard InChI is InChI=1S/C21H31N3O3/c1-6-12-23(13-7-2)18(25)14-24-19(26)21(5,22-20(24)27)17-10-8-16(9-11-17)15(3)4/h8-11,15H,6-7,12-14H2,1-5H3,(H,22,27)/t21-/m1/s1. The molecule has 0 unspecified atom stereocenters. The van der Waals surface area contributed by atoms with Gasteiger partial charge in [-0.1, -0.05) is 52.0 Å². The molecule has 1 fully saturated rings. The predicted molar refractivity (Wildman–Crippen MR) is 105 cm³/mol. The molecule has 1 aromatic carbocycles. The van der Waals surface area contributed by atoms with Crippen molar-refractivity contribution in [1.82, 2.24) is 15.1 Å². The third kappa shape index (κ3) is 4.31. The monoisotopic (exact) mass is 373 g/mol. The summed E-state index contributed by atoms with van der Waals surface area (Å²) in [4.78, 5) is 40.8. The molecule has 1 aliphatic rings. The fraction of sp³-hybridized carbons (Fsp3) is 0.571. The Hall–Kier alpha value is -2.37. The van der Waals surface area contributed by atoms with Crippen molar-refractivity contribution in [2.24, 2.45) is 0 Å². The van der Waals surface area contributed by atoms with Crippen LogP contribution < -0.4 is 5.32 Å². The van der Waals surface area contributed by atoms with Gasteiger partial charge in [-0.15, -0.1) is 0 Å². The van der Waals surface area contributed by atoms with Gasteiger partial charge >= 0.3 is 6.03 Å². The topological polar surface area (TPSA) is 69.7 Å². The van der Waals surface area contributed by atoms with E-state index in [9.17, 15) is 14.4 Å². The van der Waals surface area contributed by atoms with Crippen LogP contribution in [0.2, 0.25) is 0 Å². The third-order valence-corrected chi connectivity index (χ3v) is 5.06. The average molecular weight is 373 g/mol. The summed E-state index contributed by atoms with van der Waals surface area (Å²) in [5, 5.41) is 2.77. The van der Waals surface area contributed by atoms with Crippen molar-refractivity contribution in [3.8, 4) is 0 Å². The van der Waals surface area contributed by atoms with Crippen LogP contribution in [0.5, 0.6) is 0 Å². The number of nitrogens with one attached hydrogen (secondary N) is 1. The Labute approximate surface area is 161 Å². The second kappa shape index (κ2) is 8.55. The van der Waals surface area contributed by atoms with Crippen molar-refractivity contribution in [3.05, 3.63) is 35.4 Å². The molecular formula is C21H31N3O3. The third-order valence-electron chi connectivity index (χ3n) is 5.06. The normalized spacial score (nSPS) is 19.6. The molecule has 1 aromatic rings. The molecule has 1 saturated heterocycles. The molecule has 6 heteroatoms. The summed E-state index contributed by atoms with van der Waals surface area (Å²) in [5.41, 5.74) is 0.743. The van der Waals surface area contributed by atoms with E-state index in [1.54, 1.807) is 11.8 Å². The molecule has 0 aromatic heterocycles. The second-order valence-corrected chi connectivity index (χ2v) is 7.60. The summed E-state index contributed by atoms with van der Waals surface area (Å²) in [6.07, 6.45) is 1.68. The van der Waals surface area contributed by atoms with Gasteiger partial charge in [-0.25, -0.2) is 4.79 Å². The molecule has 4 amide bonds. The van der Waals surface area contributed by atoms with Crippen molar-refractivity contribution in [3.63, 3.8) is 0 Å². The zero-order chi connectivity index (χ0) is 20.2. The molecule has 27 heavy (non-hydrogen) atoms. The summed E-state index contributed by atoms with van der Waals surface area (Å²) in [5.74, 6) is -0.189. The quantitative estimate of drug-likeness (QED) is 0.711. The van der Waals surface area contributed by atoms with Gasteiger partial charge in [0.05, 0.1) is 0 Å². The van der Waals surface area contributed by atoms with Crippen molar-refractivity contribution >= 4 is 17.8 Å². The lowest BCUT2D eigenvalue weighted by Gasteiger charge is -2.25. The zero-order valence-corrected chi connectivity index (χ0v) is 17.0. The van der Waals surface area contributed by atoms with Crippen molar-refractivity contribution in [2.45, 2.75) is 58.9 Å². The number of hydrogen-bond acceptors (Lipinski definition) is 3. The summed E-state index contributed by atoms with van der Waals surface area (Å²) in [7, 11) is 0. The smallest absolute Gasteiger partial charge is 0.325 e. The van der Waals surface area contributed by atoms with Gasteiger partial charge in [0.2, 0.25) is 5.91 Å². The maximum Gasteiger partial charge on any atom is 0.325 e. The maximum atomic E-state index is 13.0. The summed E-state index contributed by atoms with van der Waals surface area (Å²) >= 11 is 0. The first kappa shape index (κ1) is 20.9. The lowest BCUT2D eigenvalue weighted by Crippen LogP contribution is -2.45. The van der Waals surface area contributed by atoms with Gasteiger partial charge in [0.15, 0.2) is 0 Å². The maximum absolute atomic E-state index is 13.0. The second-order valence-electron chi connectivity index (χ2n) is 7.60. The van der Waals surface area contributed by atoms with Gasteiger partial charge < -0.3 is 10.2 Å². The van der Waals surface area contributed by atoms with E-state index in [0.29, 0.717) is 19.0 Å². The van der Waals surface area contributed by atoms with Crippen molar-refractivity contribution in [1.29, 1.82) is 0 Å². The van der Waals surface area contributed by atoms with E-state index in [1.165, 1.54) is 5.56 Å². The molecule has 0 saturated carbocycles. The highest BCUT2D eigenvalue weighted by Crippen LogP contribution is 2.30. The lowest BCUT2D eigenvalue weighted by atomic mass is 9.90. The van der Waals surface area contributed by atoms with Gasteiger partial charge in [-0.05, 0) is 36.8 Å². The van der Waals surface area contributed by atoms with E-state index in [0.717, 1.165) is 23.3 Å². The van der Waals surface area contributed by atoms with Crippen LogP contribution in [0.25, 0.3) is 0 Å². The minimum Gasteiger partial charge on any atom is -0.341 e. The SMILES string of the molecule is CCCN(CCC)C(=O)CN1C(=O)N[C@](C)(c2ccc(C(C)C)cc2)C1=O. The van der Waals surface area contributed by atoms with Crippen LogP contribution in [0.1, 0.15) is 64.5 Å². The van der Waals surface area contributed by atoms with Crippen LogP contribution in [0.15, 0.2) is 24.3 Å². The summed E-state index contributed by atoms with van der Waals surface area (Å²) in [6, 6.07) is 7.18. The molecule has 1 heterocycles. The Kier molecular flexibility index (Phi) is 6.63. The average Bonchev–Trinajstić information content (AvgIpc) is 2.85. The summed E-state index contributed by atoms with van der Waals surface area (Å²) in [6.45, 7) is 10.9. The Balaban J connectivity index is 2.18. The lowest BCUT2D eigenvalue weighted by molar-refractivity contribution is -0.139. The van der Waals surface area contributed by atoms with Crippen LogP contribution >= 0.6 is 0 Å². The van der Waals surface area contributed by atoms with E-state index >= 15 is 0 Å². The minimum atomic E-state index is -1.15. The molecule has 0 bridgehead atoms. The van der Waals surface area contributed by atoms with Crippen molar-refractivity contribution < 1.29 is 14.4 Å². The molecule has 1 aliphatic heterocycles. The van der Waals surface area contributed by atoms with Crippen LogP contribution in [-0.2, 0) is 15.1 Å². The van der Waals surface area contributed by atoms with Gasteiger partial charge in [0.1, 0.15) is 12.1 Å². The Morgan fingerprint density at radius 3 is 2.15 bits per heavy atom.